The molecule has 6 nitrogen and oxygen atoms in total. The molecule has 0 radical (unpaired) electrons. The molecule has 0 N–H and O–H groups in total. The van der Waals surface area contributed by atoms with Gasteiger partial charge >= 0.3 is 0 Å². The molecule has 61 heavy (non-hydrogen) atoms. The summed E-state index contributed by atoms with van der Waals surface area (Å²) in [4.78, 5) is 16.2. The van der Waals surface area contributed by atoms with Crippen molar-refractivity contribution in [1.82, 2.24) is 24.1 Å². The highest BCUT2D eigenvalue weighted by Crippen LogP contribution is 2.44. The molecule has 0 unspecified atom stereocenters. The molecule has 0 aliphatic carbocycles. The first-order chi connectivity index (χ1) is 29.9. The van der Waals surface area contributed by atoms with E-state index < -0.39 is 0 Å². The third kappa shape index (κ3) is 5.38. The average molecular weight is 786 g/mol. The summed E-state index contributed by atoms with van der Waals surface area (Å²) in [7, 11) is 0. The van der Waals surface area contributed by atoms with Gasteiger partial charge in [-0.15, -0.1) is 0 Å². The van der Waals surface area contributed by atoms with Gasteiger partial charge in [-0.2, -0.15) is 0 Å². The molecule has 4 heterocycles. The molecule has 0 bridgehead atoms. The number of hydrogen-bond donors (Lipinski definition) is 0. The Morgan fingerprint density at radius 3 is 1.66 bits per heavy atom. The summed E-state index contributed by atoms with van der Waals surface area (Å²) in [5, 5.41) is 6.87. The van der Waals surface area contributed by atoms with E-state index in [0.29, 0.717) is 17.5 Å². The molecule has 12 aromatic rings. The normalized spacial score (nSPS) is 12.2. The van der Waals surface area contributed by atoms with Gasteiger partial charge in [-0.3, -0.25) is 0 Å². The largest absolute Gasteiger partial charge is 0.456 e. The lowest BCUT2D eigenvalue weighted by atomic mass is 9.95. The SMILES string of the molecule is CC(C)(C)c1nc(-c2ccccc2-n2c3ccccc3c3ccc4oc5ccccc5c4c32)nc(-c2cccc(-c3ccccc3)c2-n2c3ccccc3c3ccccc32)n1. The zero-order valence-corrected chi connectivity index (χ0v) is 34.0. The van der Waals surface area contributed by atoms with Gasteiger partial charge in [0.25, 0.3) is 0 Å². The molecular weight excluding hydrogens is 747 g/mol. The van der Waals surface area contributed by atoms with Crippen LogP contribution < -0.4 is 0 Å². The van der Waals surface area contributed by atoms with Gasteiger partial charge in [0, 0.05) is 49.0 Å². The Bertz CT molecular complexity index is 3640. The van der Waals surface area contributed by atoms with E-state index in [1.807, 2.05) is 12.1 Å². The molecule has 8 aromatic carbocycles. The van der Waals surface area contributed by atoms with E-state index in [-0.39, 0.29) is 5.41 Å². The minimum atomic E-state index is -0.389. The van der Waals surface area contributed by atoms with Crippen LogP contribution in [-0.2, 0) is 5.41 Å². The number of furan rings is 1. The highest BCUT2D eigenvalue weighted by molar-refractivity contribution is 6.24. The van der Waals surface area contributed by atoms with Crippen molar-refractivity contribution in [3.63, 3.8) is 0 Å². The Labute approximate surface area is 352 Å². The second-order valence-electron chi connectivity index (χ2n) is 16.8. The molecule has 0 spiro atoms. The van der Waals surface area contributed by atoms with E-state index >= 15 is 0 Å². The number of rotatable bonds is 5. The molecule has 0 atom stereocenters. The summed E-state index contributed by atoms with van der Waals surface area (Å²) in [5.41, 5.74) is 11.8. The molecule has 290 valence electrons. The van der Waals surface area contributed by atoms with Crippen molar-refractivity contribution in [1.29, 1.82) is 0 Å². The number of hydrogen-bond acceptors (Lipinski definition) is 4. The highest BCUT2D eigenvalue weighted by atomic mass is 16.3. The molecule has 6 heteroatoms. The van der Waals surface area contributed by atoms with E-state index in [1.165, 1.54) is 16.2 Å². The molecule has 0 aliphatic rings. The Kier molecular flexibility index (Phi) is 7.69. The molecule has 4 aromatic heterocycles. The molecule has 12 rings (SSSR count). The fourth-order valence-electron chi connectivity index (χ4n) is 9.30. The predicted molar refractivity (Wildman–Crippen MR) is 251 cm³/mol. The average Bonchev–Trinajstić information content (AvgIpc) is 3.96. The first-order valence-electron chi connectivity index (χ1n) is 20.8. The summed E-state index contributed by atoms with van der Waals surface area (Å²) in [6, 6.07) is 64.2. The van der Waals surface area contributed by atoms with Crippen molar-refractivity contribution in [2.75, 3.05) is 0 Å². The minimum absolute atomic E-state index is 0.389. The van der Waals surface area contributed by atoms with E-state index in [2.05, 4.69) is 200 Å². The Morgan fingerprint density at radius 2 is 0.951 bits per heavy atom. The lowest BCUT2D eigenvalue weighted by molar-refractivity contribution is 0.543. The number of nitrogens with zero attached hydrogens (tertiary/aromatic N) is 5. The molecule has 0 saturated carbocycles. The summed E-state index contributed by atoms with van der Waals surface area (Å²) in [6.07, 6.45) is 0. The van der Waals surface area contributed by atoms with E-state index in [9.17, 15) is 0 Å². The summed E-state index contributed by atoms with van der Waals surface area (Å²) in [5.74, 6) is 1.94. The van der Waals surface area contributed by atoms with E-state index in [1.54, 1.807) is 0 Å². The molecule has 0 amide bonds. The lowest BCUT2D eigenvalue weighted by Crippen LogP contribution is -2.18. The monoisotopic (exact) mass is 785 g/mol. The van der Waals surface area contributed by atoms with Crippen molar-refractivity contribution in [3.05, 3.63) is 188 Å². The second kappa shape index (κ2) is 13.3. The van der Waals surface area contributed by atoms with Gasteiger partial charge in [-0.05, 0) is 60.2 Å². The van der Waals surface area contributed by atoms with Crippen molar-refractivity contribution in [2.45, 2.75) is 26.2 Å². The molecular formula is C55H39N5O. The minimum Gasteiger partial charge on any atom is -0.456 e. The highest BCUT2D eigenvalue weighted by Gasteiger charge is 2.27. The first-order valence-corrected chi connectivity index (χ1v) is 20.8. The van der Waals surface area contributed by atoms with Crippen LogP contribution in [0.15, 0.2) is 186 Å². The van der Waals surface area contributed by atoms with Gasteiger partial charge in [-0.25, -0.2) is 15.0 Å². The number of aromatic nitrogens is 5. The van der Waals surface area contributed by atoms with Gasteiger partial charge in [-0.1, -0.05) is 148 Å². The Morgan fingerprint density at radius 1 is 0.410 bits per heavy atom. The molecule has 0 aliphatic heterocycles. The van der Waals surface area contributed by atoms with Gasteiger partial charge in [0.15, 0.2) is 11.6 Å². The fourth-order valence-corrected chi connectivity index (χ4v) is 9.30. The first kappa shape index (κ1) is 35.1. The smallest absolute Gasteiger partial charge is 0.165 e. The van der Waals surface area contributed by atoms with Crippen molar-refractivity contribution in [2.24, 2.45) is 0 Å². The molecule has 0 saturated heterocycles. The summed E-state index contributed by atoms with van der Waals surface area (Å²) in [6.45, 7) is 6.51. The zero-order chi connectivity index (χ0) is 40.8. The van der Waals surface area contributed by atoms with Crippen molar-refractivity contribution in [3.8, 4) is 45.3 Å². The van der Waals surface area contributed by atoms with Crippen LogP contribution in [0.25, 0.3) is 111 Å². The van der Waals surface area contributed by atoms with Crippen LogP contribution in [0, 0.1) is 0 Å². The van der Waals surface area contributed by atoms with Gasteiger partial charge < -0.3 is 13.6 Å². The summed E-state index contributed by atoms with van der Waals surface area (Å²) < 4.78 is 11.2. The third-order valence-corrected chi connectivity index (χ3v) is 12.0. The van der Waals surface area contributed by atoms with E-state index in [4.69, 9.17) is 19.4 Å². The number of fused-ring (bicyclic) bond motifs is 10. The van der Waals surface area contributed by atoms with Crippen molar-refractivity contribution >= 4 is 65.6 Å². The van der Waals surface area contributed by atoms with Crippen LogP contribution in [0.3, 0.4) is 0 Å². The maximum atomic E-state index is 6.47. The second-order valence-corrected chi connectivity index (χ2v) is 16.8. The van der Waals surface area contributed by atoms with Crippen LogP contribution in [0.2, 0.25) is 0 Å². The fraction of sp³-hybridized carbons (Fsp3) is 0.0727. The zero-order valence-electron chi connectivity index (χ0n) is 34.0. The van der Waals surface area contributed by atoms with Crippen LogP contribution in [0.1, 0.15) is 26.6 Å². The number of benzene rings is 8. The predicted octanol–water partition coefficient (Wildman–Crippen LogP) is 14.3. The Balaban J connectivity index is 1.17. The van der Waals surface area contributed by atoms with Crippen LogP contribution in [-0.4, -0.2) is 24.1 Å². The Hall–Kier alpha value is -7.83. The van der Waals surface area contributed by atoms with Gasteiger partial charge in [0.2, 0.25) is 0 Å². The maximum absolute atomic E-state index is 6.47. The standard InChI is InChI=1S/C55H39N5O/c1-55(2,3)54-57-52(40-23-10-15-30-46(40)60-45-29-14-9-22-38(45)39-32-33-48-49(51(39)60)41-24-11-16-31-47(41)61-48)56-53(58-54)42-26-17-25-35(34-18-5-4-6-19-34)50(42)59-43-27-12-7-20-36(43)37-21-8-13-28-44(37)59/h4-33H,1-3H3. The van der Waals surface area contributed by atoms with Gasteiger partial charge in [0.05, 0.1) is 38.8 Å². The summed E-state index contributed by atoms with van der Waals surface area (Å²) >= 11 is 0. The quantitative estimate of drug-likeness (QED) is 0.174. The maximum Gasteiger partial charge on any atom is 0.165 e. The number of para-hydroxylation sites is 6. The third-order valence-electron chi connectivity index (χ3n) is 12.0. The van der Waals surface area contributed by atoms with Crippen molar-refractivity contribution < 1.29 is 4.42 Å². The topological polar surface area (TPSA) is 61.7 Å². The van der Waals surface area contributed by atoms with Crippen LogP contribution >= 0.6 is 0 Å². The lowest BCUT2D eigenvalue weighted by Gasteiger charge is -2.22. The van der Waals surface area contributed by atoms with Crippen LogP contribution in [0.5, 0.6) is 0 Å². The van der Waals surface area contributed by atoms with E-state index in [0.717, 1.165) is 83.0 Å². The molecule has 0 fully saturated rings. The van der Waals surface area contributed by atoms with Gasteiger partial charge in [0.1, 0.15) is 17.0 Å². The van der Waals surface area contributed by atoms with Crippen LogP contribution in [0.4, 0.5) is 0 Å².